The van der Waals surface area contributed by atoms with Gasteiger partial charge in [0.25, 0.3) is 0 Å². The maximum atomic E-state index is 11.8. The summed E-state index contributed by atoms with van der Waals surface area (Å²) >= 11 is 0. The van der Waals surface area contributed by atoms with Crippen LogP contribution in [-0.4, -0.2) is 36.9 Å². The molecule has 5 heteroatoms. The molecular formula is C14H19N3O2. The van der Waals surface area contributed by atoms with Crippen LogP contribution >= 0.6 is 0 Å². The molecule has 2 amide bonds. The van der Waals surface area contributed by atoms with E-state index in [1.165, 1.54) is 11.9 Å². The maximum absolute atomic E-state index is 11.8. The van der Waals surface area contributed by atoms with Gasteiger partial charge in [-0.15, -0.1) is 0 Å². The first-order valence-electron chi connectivity index (χ1n) is 6.23. The van der Waals surface area contributed by atoms with Gasteiger partial charge < -0.3 is 10.6 Å². The van der Waals surface area contributed by atoms with E-state index in [0.717, 1.165) is 11.3 Å². The molecule has 2 rings (SSSR count). The van der Waals surface area contributed by atoms with Crippen LogP contribution in [0.3, 0.4) is 0 Å². The molecule has 0 atom stereocenters. The SMILES string of the molecule is CN1C(=O)CN(c2ccccc2C(C)(C)N)CC1=O. The predicted molar refractivity (Wildman–Crippen MR) is 73.6 cm³/mol. The predicted octanol–water partition coefficient (Wildman–Crippen LogP) is 0.685. The van der Waals surface area contributed by atoms with Crippen molar-refractivity contribution in [3.8, 4) is 0 Å². The van der Waals surface area contributed by atoms with E-state index in [1.54, 1.807) is 4.90 Å². The number of nitrogens with zero attached hydrogens (tertiary/aromatic N) is 2. The van der Waals surface area contributed by atoms with Crippen molar-refractivity contribution in [3.05, 3.63) is 29.8 Å². The number of nitrogens with two attached hydrogens (primary N) is 1. The van der Waals surface area contributed by atoms with Crippen LogP contribution in [-0.2, 0) is 15.1 Å². The third-order valence-electron chi connectivity index (χ3n) is 3.34. The van der Waals surface area contributed by atoms with E-state index in [0.29, 0.717) is 0 Å². The Kier molecular flexibility index (Phi) is 3.32. The lowest BCUT2D eigenvalue weighted by Crippen LogP contribution is -2.52. The van der Waals surface area contributed by atoms with Gasteiger partial charge in [-0.3, -0.25) is 14.5 Å². The Hall–Kier alpha value is -1.88. The molecule has 0 aromatic heterocycles. The topological polar surface area (TPSA) is 66.6 Å². The van der Waals surface area contributed by atoms with Crippen LogP contribution in [0.2, 0.25) is 0 Å². The zero-order valence-corrected chi connectivity index (χ0v) is 11.5. The highest BCUT2D eigenvalue weighted by atomic mass is 16.2. The van der Waals surface area contributed by atoms with Gasteiger partial charge in [0.05, 0.1) is 13.1 Å². The van der Waals surface area contributed by atoms with Crippen LogP contribution in [0.15, 0.2) is 24.3 Å². The summed E-state index contributed by atoms with van der Waals surface area (Å²) in [6, 6.07) is 7.63. The fourth-order valence-corrected chi connectivity index (χ4v) is 2.20. The molecule has 0 bridgehead atoms. The van der Waals surface area contributed by atoms with Gasteiger partial charge in [0.1, 0.15) is 0 Å². The number of amides is 2. The number of imide groups is 1. The average Bonchev–Trinajstić information content (AvgIpc) is 2.34. The van der Waals surface area contributed by atoms with Gasteiger partial charge in [-0.1, -0.05) is 18.2 Å². The fraction of sp³-hybridized carbons (Fsp3) is 0.429. The minimum absolute atomic E-state index is 0.194. The van der Waals surface area contributed by atoms with Gasteiger partial charge in [0, 0.05) is 18.3 Å². The second-order valence-electron chi connectivity index (χ2n) is 5.44. The molecule has 0 saturated carbocycles. The molecule has 2 N–H and O–H groups in total. The Balaban J connectivity index is 2.38. The molecule has 0 radical (unpaired) electrons. The standard InChI is InChI=1S/C14H19N3O2/c1-14(2,15)10-6-4-5-7-11(10)17-8-12(18)16(3)13(19)9-17/h4-7H,8-9,15H2,1-3H3. The summed E-state index contributed by atoms with van der Waals surface area (Å²) in [4.78, 5) is 26.5. The van der Waals surface area contributed by atoms with Gasteiger partial charge in [-0.05, 0) is 25.5 Å². The number of carbonyl (C=O) groups is 2. The van der Waals surface area contributed by atoms with Crippen molar-refractivity contribution >= 4 is 17.5 Å². The Morgan fingerprint density at radius 2 is 1.63 bits per heavy atom. The number of hydrogen-bond donors (Lipinski definition) is 1. The molecule has 0 aliphatic carbocycles. The highest BCUT2D eigenvalue weighted by molar-refractivity contribution is 6.02. The summed E-state index contributed by atoms with van der Waals surface area (Å²) in [6.45, 7) is 4.22. The Bertz CT molecular complexity index is 502. The van der Waals surface area contributed by atoms with E-state index >= 15 is 0 Å². The van der Waals surface area contributed by atoms with Crippen molar-refractivity contribution in [3.63, 3.8) is 0 Å². The molecule has 5 nitrogen and oxygen atoms in total. The van der Waals surface area contributed by atoms with Crippen molar-refractivity contribution in [1.82, 2.24) is 4.90 Å². The molecule has 102 valence electrons. The molecule has 1 saturated heterocycles. The fourth-order valence-electron chi connectivity index (χ4n) is 2.20. The van der Waals surface area contributed by atoms with Crippen molar-refractivity contribution in [2.75, 3.05) is 25.0 Å². The largest absolute Gasteiger partial charge is 0.353 e. The van der Waals surface area contributed by atoms with Crippen LogP contribution in [0, 0.1) is 0 Å². The van der Waals surface area contributed by atoms with Gasteiger partial charge in [0.15, 0.2) is 0 Å². The van der Waals surface area contributed by atoms with E-state index in [4.69, 9.17) is 5.73 Å². The minimum Gasteiger partial charge on any atom is -0.353 e. The van der Waals surface area contributed by atoms with Crippen molar-refractivity contribution < 1.29 is 9.59 Å². The monoisotopic (exact) mass is 261 g/mol. The van der Waals surface area contributed by atoms with Crippen molar-refractivity contribution in [2.24, 2.45) is 5.73 Å². The van der Waals surface area contributed by atoms with Gasteiger partial charge in [-0.25, -0.2) is 0 Å². The number of hydrogen-bond acceptors (Lipinski definition) is 4. The quantitative estimate of drug-likeness (QED) is 0.795. The van der Waals surface area contributed by atoms with E-state index in [2.05, 4.69) is 0 Å². The Labute approximate surface area is 113 Å². The molecule has 1 fully saturated rings. The molecule has 1 aliphatic rings. The summed E-state index contributed by atoms with van der Waals surface area (Å²) in [5, 5.41) is 0. The second kappa shape index (κ2) is 4.66. The lowest BCUT2D eigenvalue weighted by atomic mass is 9.93. The molecule has 0 unspecified atom stereocenters. The smallest absolute Gasteiger partial charge is 0.248 e. The van der Waals surface area contributed by atoms with E-state index in [9.17, 15) is 9.59 Å². The van der Waals surface area contributed by atoms with E-state index in [1.807, 2.05) is 38.1 Å². The number of anilines is 1. The molecule has 1 aliphatic heterocycles. The van der Waals surface area contributed by atoms with Crippen LogP contribution in [0.4, 0.5) is 5.69 Å². The summed E-state index contributed by atoms with van der Waals surface area (Å²) in [6.07, 6.45) is 0. The summed E-state index contributed by atoms with van der Waals surface area (Å²) < 4.78 is 0. The van der Waals surface area contributed by atoms with E-state index in [-0.39, 0.29) is 24.9 Å². The van der Waals surface area contributed by atoms with E-state index < -0.39 is 5.54 Å². The third-order valence-corrected chi connectivity index (χ3v) is 3.34. The first-order chi connectivity index (χ1) is 8.80. The molecule has 0 spiro atoms. The second-order valence-corrected chi connectivity index (χ2v) is 5.44. The summed E-state index contributed by atoms with van der Waals surface area (Å²) in [5.41, 5.74) is 7.41. The molecule has 1 aromatic rings. The molecule has 1 heterocycles. The van der Waals surface area contributed by atoms with Crippen LogP contribution < -0.4 is 10.6 Å². The number of piperazine rings is 1. The van der Waals surface area contributed by atoms with Gasteiger partial charge in [0.2, 0.25) is 11.8 Å². The highest BCUT2D eigenvalue weighted by Crippen LogP contribution is 2.29. The Morgan fingerprint density at radius 3 is 2.16 bits per heavy atom. The van der Waals surface area contributed by atoms with Gasteiger partial charge in [-0.2, -0.15) is 0 Å². The molecular weight excluding hydrogens is 242 g/mol. The van der Waals surface area contributed by atoms with Crippen molar-refractivity contribution in [1.29, 1.82) is 0 Å². The zero-order chi connectivity index (χ0) is 14.2. The average molecular weight is 261 g/mol. The van der Waals surface area contributed by atoms with Crippen LogP contribution in [0.5, 0.6) is 0 Å². The summed E-state index contributed by atoms with van der Waals surface area (Å²) in [5.74, 6) is -0.387. The normalized spacial score (nSPS) is 17.1. The Morgan fingerprint density at radius 1 is 1.11 bits per heavy atom. The van der Waals surface area contributed by atoms with Crippen LogP contribution in [0.1, 0.15) is 19.4 Å². The van der Waals surface area contributed by atoms with Gasteiger partial charge >= 0.3 is 0 Å². The molecule has 19 heavy (non-hydrogen) atoms. The first kappa shape index (κ1) is 13.5. The third kappa shape index (κ3) is 2.61. The molecule has 1 aromatic carbocycles. The lowest BCUT2D eigenvalue weighted by Gasteiger charge is -2.35. The summed E-state index contributed by atoms with van der Waals surface area (Å²) in [7, 11) is 1.51. The highest BCUT2D eigenvalue weighted by Gasteiger charge is 2.30. The lowest BCUT2D eigenvalue weighted by molar-refractivity contribution is -0.143. The number of benzene rings is 1. The van der Waals surface area contributed by atoms with Crippen molar-refractivity contribution in [2.45, 2.75) is 19.4 Å². The minimum atomic E-state index is -0.522. The number of rotatable bonds is 2. The zero-order valence-electron chi connectivity index (χ0n) is 11.5. The number of para-hydroxylation sites is 1. The maximum Gasteiger partial charge on any atom is 0.248 e. The van der Waals surface area contributed by atoms with Crippen LogP contribution in [0.25, 0.3) is 0 Å². The number of carbonyl (C=O) groups excluding carboxylic acids is 2. The first-order valence-corrected chi connectivity index (χ1v) is 6.23. The number of likely N-dealkylation sites (N-methyl/N-ethyl adjacent to an activating group) is 1.